The quantitative estimate of drug-likeness (QED) is 0.449. The Hall–Kier alpha value is -3.61. The maximum atomic E-state index is 12.6. The van der Waals surface area contributed by atoms with E-state index in [-0.39, 0.29) is 11.1 Å². The molecule has 7 heteroatoms. The van der Waals surface area contributed by atoms with E-state index in [0.29, 0.717) is 28.2 Å². The number of amides is 1. The molecule has 0 spiro atoms. The van der Waals surface area contributed by atoms with Crippen molar-refractivity contribution in [2.45, 2.75) is 6.92 Å². The molecule has 0 fully saturated rings. The number of ether oxygens (including phenoxy) is 3. The number of hydrogen-bond acceptors (Lipinski definition) is 6. The van der Waals surface area contributed by atoms with Gasteiger partial charge in [0.15, 0.2) is 0 Å². The van der Waals surface area contributed by atoms with Crippen LogP contribution in [0, 0.1) is 0 Å². The van der Waals surface area contributed by atoms with Gasteiger partial charge < -0.3 is 19.9 Å². The number of rotatable bonds is 7. The van der Waals surface area contributed by atoms with Crippen LogP contribution in [0.4, 0.5) is 0 Å². The Morgan fingerprint density at radius 3 is 2.04 bits per heavy atom. The molecule has 1 amide bonds. The van der Waals surface area contributed by atoms with Gasteiger partial charge in [-0.2, -0.15) is 0 Å². The van der Waals surface area contributed by atoms with Crippen LogP contribution in [0.1, 0.15) is 18.1 Å². The van der Waals surface area contributed by atoms with Gasteiger partial charge in [0.05, 0.1) is 32.5 Å². The van der Waals surface area contributed by atoms with Gasteiger partial charge in [0, 0.05) is 18.5 Å². The first-order chi connectivity index (χ1) is 13.4. The van der Waals surface area contributed by atoms with E-state index in [0.717, 1.165) is 0 Å². The van der Waals surface area contributed by atoms with E-state index in [1.807, 2.05) is 0 Å². The van der Waals surface area contributed by atoms with Crippen molar-refractivity contribution in [1.82, 2.24) is 4.98 Å². The third-order valence-corrected chi connectivity index (χ3v) is 4.10. The van der Waals surface area contributed by atoms with E-state index in [2.05, 4.69) is 4.98 Å². The Morgan fingerprint density at radius 2 is 1.57 bits per heavy atom. The second kappa shape index (κ2) is 9.36. The molecule has 2 rings (SSSR count). The fourth-order valence-electron chi connectivity index (χ4n) is 2.63. The van der Waals surface area contributed by atoms with Gasteiger partial charge in [-0.15, -0.1) is 0 Å². The summed E-state index contributed by atoms with van der Waals surface area (Å²) >= 11 is 0. The Labute approximate surface area is 163 Å². The third-order valence-electron chi connectivity index (χ3n) is 4.10. The number of pyridine rings is 1. The average Bonchev–Trinajstić information content (AvgIpc) is 2.72. The van der Waals surface area contributed by atoms with Crippen molar-refractivity contribution in [3.63, 3.8) is 0 Å². The Kier molecular flexibility index (Phi) is 6.92. The van der Waals surface area contributed by atoms with Gasteiger partial charge in [0.25, 0.3) is 0 Å². The summed E-state index contributed by atoms with van der Waals surface area (Å²) in [5, 5.41) is 0. The Morgan fingerprint density at radius 1 is 1.00 bits per heavy atom. The number of allylic oxidation sites excluding steroid dienone is 1. The Bertz CT molecular complexity index is 911. The molecule has 2 aromatic rings. The number of carbonyl (C=O) groups excluding carboxylic acids is 2. The maximum absolute atomic E-state index is 12.6. The third kappa shape index (κ3) is 4.76. The summed E-state index contributed by atoms with van der Waals surface area (Å²) in [5.74, 6) is -0.363. The van der Waals surface area contributed by atoms with Gasteiger partial charge in [-0.25, -0.2) is 4.79 Å². The number of nitrogens with zero attached hydrogens (tertiary/aromatic N) is 1. The number of primary amides is 1. The first-order valence-electron chi connectivity index (χ1n) is 8.35. The zero-order valence-electron chi connectivity index (χ0n) is 16.2. The van der Waals surface area contributed by atoms with Gasteiger partial charge >= 0.3 is 5.97 Å². The summed E-state index contributed by atoms with van der Waals surface area (Å²) in [4.78, 5) is 28.7. The van der Waals surface area contributed by atoms with E-state index < -0.39 is 11.9 Å². The van der Waals surface area contributed by atoms with E-state index in [4.69, 9.17) is 19.9 Å². The van der Waals surface area contributed by atoms with Crippen molar-refractivity contribution in [2.75, 3.05) is 21.3 Å². The van der Waals surface area contributed by atoms with Crippen molar-refractivity contribution in [1.29, 1.82) is 0 Å². The second-order valence-electron chi connectivity index (χ2n) is 5.80. The zero-order chi connectivity index (χ0) is 20.7. The predicted octanol–water partition coefficient (Wildman–Crippen LogP) is 2.61. The fraction of sp³-hybridized carbons (Fsp3) is 0.190. The fourth-order valence-corrected chi connectivity index (χ4v) is 2.63. The van der Waals surface area contributed by atoms with Crippen molar-refractivity contribution in [3.8, 4) is 11.5 Å². The number of methoxy groups -OCH3 is 3. The SMILES string of the molecule is COC(=O)C(=C(/C)c1cc(OC)cc(OC)c1)/C(=C\c1ccncc1)C(N)=O. The molecular formula is C21H22N2O5. The van der Waals surface area contributed by atoms with Crippen LogP contribution in [0.25, 0.3) is 11.6 Å². The second-order valence-corrected chi connectivity index (χ2v) is 5.80. The lowest BCUT2D eigenvalue weighted by molar-refractivity contribution is -0.136. The molecule has 1 aromatic heterocycles. The lowest BCUT2D eigenvalue weighted by Crippen LogP contribution is -2.21. The van der Waals surface area contributed by atoms with Crippen LogP contribution in [0.5, 0.6) is 11.5 Å². The van der Waals surface area contributed by atoms with Crippen molar-refractivity contribution in [3.05, 3.63) is 65.0 Å². The summed E-state index contributed by atoms with van der Waals surface area (Å²) in [6.45, 7) is 1.70. The molecule has 1 aromatic carbocycles. The number of carbonyl (C=O) groups is 2. The lowest BCUT2D eigenvalue weighted by Gasteiger charge is -2.14. The van der Waals surface area contributed by atoms with E-state index in [9.17, 15) is 9.59 Å². The van der Waals surface area contributed by atoms with Gasteiger partial charge in [-0.1, -0.05) is 0 Å². The molecule has 0 unspecified atom stereocenters. The number of benzene rings is 1. The van der Waals surface area contributed by atoms with Gasteiger partial charge in [-0.3, -0.25) is 9.78 Å². The van der Waals surface area contributed by atoms with Crippen molar-refractivity contribution >= 4 is 23.5 Å². The minimum absolute atomic E-state index is 0.0253. The molecular weight excluding hydrogens is 360 g/mol. The first-order valence-corrected chi connectivity index (χ1v) is 8.35. The van der Waals surface area contributed by atoms with Crippen LogP contribution in [0.3, 0.4) is 0 Å². The van der Waals surface area contributed by atoms with E-state index in [1.165, 1.54) is 27.4 Å². The number of esters is 1. The molecule has 28 heavy (non-hydrogen) atoms. The van der Waals surface area contributed by atoms with E-state index in [1.54, 1.807) is 49.6 Å². The average molecular weight is 382 g/mol. The zero-order valence-corrected chi connectivity index (χ0v) is 16.2. The van der Waals surface area contributed by atoms with Crippen LogP contribution < -0.4 is 15.2 Å². The summed E-state index contributed by atoms with van der Waals surface area (Å²) in [6, 6.07) is 8.55. The molecule has 0 aliphatic carbocycles. The molecule has 0 radical (unpaired) electrons. The van der Waals surface area contributed by atoms with Crippen LogP contribution in [-0.4, -0.2) is 38.2 Å². The topological polar surface area (TPSA) is 101 Å². The minimum Gasteiger partial charge on any atom is -0.497 e. The van der Waals surface area contributed by atoms with Crippen LogP contribution in [0.15, 0.2) is 53.9 Å². The van der Waals surface area contributed by atoms with Crippen molar-refractivity contribution < 1.29 is 23.8 Å². The monoisotopic (exact) mass is 382 g/mol. The summed E-state index contributed by atoms with van der Waals surface area (Å²) in [6.07, 6.45) is 4.68. The molecule has 146 valence electrons. The van der Waals surface area contributed by atoms with Crippen molar-refractivity contribution in [2.24, 2.45) is 5.73 Å². The molecule has 0 atom stereocenters. The smallest absolute Gasteiger partial charge is 0.338 e. The molecule has 0 aliphatic heterocycles. The molecule has 0 saturated carbocycles. The standard InChI is InChI=1S/C21H22N2O5/c1-13(15-10-16(26-2)12-17(11-15)27-3)19(21(25)28-4)18(20(22)24)9-14-5-7-23-8-6-14/h5-12H,1-4H3,(H2,22,24)/b18-9+,19-13-. The summed E-state index contributed by atoms with van der Waals surface area (Å²) in [7, 11) is 4.29. The highest BCUT2D eigenvalue weighted by Gasteiger charge is 2.24. The van der Waals surface area contributed by atoms with Crippen LogP contribution >= 0.6 is 0 Å². The van der Waals surface area contributed by atoms with Gasteiger partial charge in [-0.05, 0) is 54.0 Å². The minimum atomic E-state index is -0.758. The predicted molar refractivity (Wildman–Crippen MR) is 106 cm³/mol. The number of nitrogens with two attached hydrogens (primary N) is 1. The first kappa shape index (κ1) is 20.7. The highest BCUT2D eigenvalue weighted by atomic mass is 16.5. The molecule has 0 aliphatic rings. The number of hydrogen-bond donors (Lipinski definition) is 1. The molecule has 1 heterocycles. The lowest BCUT2D eigenvalue weighted by atomic mass is 9.93. The Balaban J connectivity index is 2.75. The van der Waals surface area contributed by atoms with Gasteiger partial charge in [0.2, 0.25) is 5.91 Å². The summed E-state index contributed by atoms with van der Waals surface area (Å²) in [5.41, 5.74) is 7.46. The molecule has 7 nitrogen and oxygen atoms in total. The molecule has 0 saturated heterocycles. The molecule has 2 N–H and O–H groups in total. The van der Waals surface area contributed by atoms with Crippen LogP contribution in [0.2, 0.25) is 0 Å². The van der Waals surface area contributed by atoms with Gasteiger partial charge in [0.1, 0.15) is 11.5 Å². The van der Waals surface area contributed by atoms with Crippen LogP contribution in [-0.2, 0) is 14.3 Å². The highest BCUT2D eigenvalue weighted by molar-refractivity contribution is 6.15. The van der Waals surface area contributed by atoms with E-state index >= 15 is 0 Å². The molecule has 0 bridgehead atoms. The summed E-state index contributed by atoms with van der Waals surface area (Å²) < 4.78 is 15.5. The number of aromatic nitrogens is 1. The highest BCUT2D eigenvalue weighted by Crippen LogP contribution is 2.31. The largest absolute Gasteiger partial charge is 0.497 e. The normalized spacial score (nSPS) is 12.1. The maximum Gasteiger partial charge on any atom is 0.338 e.